The number of rotatable bonds is 16. The summed E-state index contributed by atoms with van der Waals surface area (Å²) in [6, 6.07) is 18.7. The Morgan fingerprint density at radius 1 is 0.814 bits per heavy atom. The van der Waals surface area contributed by atoms with Gasteiger partial charge in [0.2, 0.25) is 21.8 Å². The van der Waals surface area contributed by atoms with Crippen LogP contribution >= 0.6 is 0 Å². The molecule has 2 N–H and O–H groups in total. The summed E-state index contributed by atoms with van der Waals surface area (Å²) in [5, 5.41) is 2.95. The van der Waals surface area contributed by atoms with E-state index in [1.807, 2.05) is 42.5 Å². The Bertz CT molecular complexity index is 1460. The standard InChI is InChI=1S/C32H41N3O7S/c1-6-34-43(38,39)28-15-9-24(10-16-28)12-18-31(36)35(22-26-7-13-27(40-3)14-8-26)23(2)32(37)33-20-19-25-11-17-29(41-4)30(21-25)42-5/h7-11,13-17,21,23,34H,6,12,18-20,22H2,1-5H3,(H,33,37). The largest absolute Gasteiger partial charge is 0.497 e. The van der Waals surface area contributed by atoms with Crippen LogP contribution in [0.25, 0.3) is 0 Å². The first-order valence-electron chi connectivity index (χ1n) is 14.1. The van der Waals surface area contributed by atoms with Crippen molar-refractivity contribution in [2.75, 3.05) is 34.4 Å². The summed E-state index contributed by atoms with van der Waals surface area (Å²) in [6.45, 7) is 4.35. The SMILES string of the molecule is CCNS(=O)(=O)c1ccc(CCC(=O)N(Cc2ccc(OC)cc2)C(C)C(=O)NCCc2ccc(OC)c(OC)c2)cc1. The first-order valence-corrected chi connectivity index (χ1v) is 15.6. The highest BCUT2D eigenvalue weighted by Gasteiger charge is 2.26. The number of aryl methyl sites for hydroxylation is 1. The summed E-state index contributed by atoms with van der Waals surface area (Å²) in [4.78, 5) is 28.5. The van der Waals surface area contributed by atoms with Crippen molar-refractivity contribution in [2.24, 2.45) is 0 Å². The smallest absolute Gasteiger partial charge is 0.242 e. The molecule has 3 rings (SSSR count). The number of methoxy groups -OCH3 is 3. The van der Waals surface area contributed by atoms with E-state index in [1.165, 1.54) is 12.1 Å². The first-order chi connectivity index (χ1) is 20.6. The second-order valence-electron chi connectivity index (χ2n) is 9.92. The van der Waals surface area contributed by atoms with E-state index >= 15 is 0 Å². The van der Waals surface area contributed by atoms with Gasteiger partial charge in [-0.25, -0.2) is 13.1 Å². The Hall–Kier alpha value is -4.09. The van der Waals surface area contributed by atoms with Gasteiger partial charge in [-0.3, -0.25) is 9.59 Å². The quantitative estimate of drug-likeness (QED) is 0.253. The zero-order chi connectivity index (χ0) is 31.4. The van der Waals surface area contributed by atoms with Crippen molar-refractivity contribution in [3.63, 3.8) is 0 Å². The van der Waals surface area contributed by atoms with E-state index < -0.39 is 16.1 Å². The molecule has 0 bridgehead atoms. The molecule has 0 aliphatic heterocycles. The van der Waals surface area contributed by atoms with Crippen LogP contribution in [0.2, 0.25) is 0 Å². The maximum absolute atomic E-state index is 13.5. The normalized spacial score (nSPS) is 11.8. The maximum Gasteiger partial charge on any atom is 0.242 e. The fourth-order valence-corrected chi connectivity index (χ4v) is 5.57. The molecule has 3 aromatic rings. The number of carbonyl (C=O) groups excluding carboxylic acids is 2. The van der Waals surface area contributed by atoms with E-state index in [4.69, 9.17) is 14.2 Å². The van der Waals surface area contributed by atoms with E-state index in [0.29, 0.717) is 43.2 Å². The van der Waals surface area contributed by atoms with Gasteiger partial charge in [0, 0.05) is 26.1 Å². The first kappa shape index (κ1) is 33.4. The molecular formula is C32H41N3O7S. The maximum atomic E-state index is 13.5. The zero-order valence-corrected chi connectivity index (χ0v) is 26.2. The summed E-state index contributed by atoms with van der Waals surface area (Å²) >= 11 is 0. The van der Waals surface area contributed by atoms with E-state index in [2.05, 4.69) is 10.0 Å². The van der Waals surface area contributed by atoms with Gasteiger partial charge in [-0.2, -0.15) is 0 Å². The third kappa shape index (κ3) is 9.45. The molecular weight excluding hydrogens is 570 g/mol. The molecule has 10 nitrogen and oxygen atoms in total. The van der Waals surface area contributed by atoms with Crippen LogP contribution in [0.1, 0.15) is 37.0 Å². The molecule has 232 valence electrons. The molecule has 11 heteroatoms. The summed E-state index contributed by atoms with van der Waals surface area (Å²) < 4.78 is 42.8. The van der Waals surface area contributed by atoms with Crippen molar-refractivity contribution in [2.45, 2.75) is 50.6 Å². The molecule has 1 unspecified atom stereocenters. The van der Waals surface area contributed by atoms with Crippen molar-refractivity contribution in [1.82, 2.24) is 14.9 Å². The predicted octanol–water partition coefficient (Wildman–Crippen LogP) is 3.72. The third-order valence-electron chi connectivity index (χ3n) is 7.04. The van der Waals surface area contributed by atoms with Crippen molar-refractivity contribution in [3.8, 4) is 17.2 Å². The average molecular weight is 612 g/mol. The Morgan fingerprint density at radius 3 is 2.05 bits per heavy atom. The van der Waals surface area contributed by atoms with Crippen LogP contribution in [0.15, 0.2) is 71.6 Å². The number of nitrogens with zero attached hydrogens (tertiary/aromatic N) is 1. The molecule has 0 saturated carbocycles. The van der Waals surface area contributed by atoms with Crippen LogP contribution in [0.4, 0.5) is 0 Å². The lowest BCUT2D eigenvalue weighted by Crippen LogP contribution is -2.48. The van der Waals surface area contributed by atoms with Crippen molar-refractivity contribution < 1.29 is 32.2 Å². The minimum atomic E-state index is -3.56. The van der Waals surface area contributed by atoms with Crippen molar-refractivity contribution >= 4 is 21.8 Å². The molecule has 43 heavy (non-hydrogen) atoms. The summed E-state index contributed by atoms with van der Waals surface area (Å²) in [7, 11) is 1.18. The topological polar surface area (TPSA) is 123 Å². The number of ether oxygens (including phenoxy) is 3. The van der Waals surface area contributed by atoms with Crippen LogP contribution in [0.3, 0.4) is 0 Å². The van der Waals surface area contributed by atoms with E-state index in [0.717, 1.165) is 16.7 Å². The molecule has 0 aliphatic carbocycles. The Kier molecular flexibility index (Phi) is 12.4. The molecule has 0 spiro atoms. The number of hydrogen-bond donors (Lipinski definition) is 2. The lowest BCUT2D eigenvalue weighted by molar-refractivity contribution is -0.140. The fourth-order valence-electron chi connectivity index (χ4n) is 4.53. The third-order valence-corrected chi connectivity index (χ3v) is 8.60. The number of carbonyl (C=O) groups is 2. The second kappa shape index (κ2) is 15.9. The van der Waals surface area contributed by atoms with Gasteiger partial charge in [0.1, 0.15) is 11.8 Å². The lowest BCUT2D eigenvalue weighted by Gasteiger charge is -2.29. The number of hydrogen-bond acceptors (Lipinski definition) is 7. The zero-order valence-electron chi connectivity index (χ0n) is 25.4. The molecule has 0 aromatic heterocycles. The van der Waals surface area contributed by atoms with Crippen molar-refractivity contribution in [3.05, 3.63) is 83.4 Å². The Morgan fingerprint density at radius 2 is 1.44 bits per heavy atom. The number of amides is 2. The highest BCUT2D eigenvalue weighted by Crippen LogP contribution is 2.27. The Balaban J connectivity index is 1.68. The second-order valence-corrected chi connectivity index (χ2v) is 11.7. The minimum absolute atomic E-state index is 0.152. The van der Waals surface area contributed by atoms with Gasteiger partial charge in [0.15, 0.2) is 11.5 Å². The van der Waals surface area contributed by atoms with Gasteiger partial charge in [0.05, 0.1) is 26.2 Å². The predicted molar refractivity (Wildman–Crippen MR) is 165 cm³/mol. The van der Waals surface area contributed by atoms with Crippen LogP contribution in [0.5, 0.6) is 17.2 Å². The molecule has 0 saturated heterocycles. The van der Waals surface area contributed by atoms with Crippen LogP contribution in [-0.4, -0.2) is 65.6 Å². The minimum Gasteiger partial charge on any atom is -0.497 e. The van der Waals surface area contributed by atoms with Crippen molar-refractivity contribution in [1.29, 1.82) is 0 Å². The van der Waals surface area contributed by atoms with Gasteiger partial charge in [0.25, 0.3) is 0 Å². The average Bonchev–Trinajstić information content (AvgIpc) is 3.02. The summed E-state index contributed by atoms with van der Waals surface area (Å²) in [5.41, 5.74) is 2.65. The molecule has 1 atom stereocenters. The van der Waals surface area contributed by atoms with Crippen LogP contribution in [0, 0.1) is 0 Å². The summed E-state index contributed by atoms with van der Waals surface area (Å²) in [6.07, 6.45) is 1.12. The van der Waals surface area contributed by atoms with Crippen LogP contribution in [-0.2, 0) is 39.0 Å². The van der Waals surface area contributed by atoms with E-state index in [9.17, 15) is 18.0 Å². The van der Waals surface area contributed by atoms with Gasteiger partial charge in [-0.15, -0.1) is 0 Å². The summed E-state index contributed by atoms with van der Waals surface area (Å²) in [5.74, 6) is 1.49. The molecule has 0 radical (unpaired) electrons. The van der Waals surface area contributed by atoms with Gasteiger partial charge in [-0.1, -0.05) is 37.3 Å². The number of benzene rings is 3. The van der Waals surface area contributed by atoms with Gasteiger partial charge in [-0.05, 0) is 72.9 Å². The molecule has 2 amide bonds. The highest BCUT2D eigenvalue weighted by molar-refractivity contribution is 7.89. The molecule has 0 aliphatic rings. The van der Waals surface area contributed by atoms with Gasteiger partial charge >= 0.3 is 0 Å². The fraction of sp³-hybridized carbons (Fsp3) is 0.375. The van der Waals surface area contributed by atoms with Crippen LogP contribution < -0.4 is 24.2 Å². The van der Waals surface area contributed by atoms with Gasteiger partial charge < -0.3 is 24.4 Å². The van der Waals surface area contributed by atoms with E-state index in [-0.39, 0.29) is 29.7 Å². The lowest BCUT2D eigenvalue weighted by atomic mass is 10.1. The molecule has 3 aromatic carbocycles. The molecule has 0 heterocycles. The number of sulfonamides is 1. The highest BCUT2D eigenvalue weighted by atomic mass is 32.2. The molecule has 0 fully saturated rings. The Labute approximate surface area is 254 Å². The van der Waals surface area contributed by atoms with E-state index in [1.54, 1.807) is 52.2 Å². The number of nitrogens with one attached hydrogen (secondary N) is 2. The monoisotopic (exact) mass is 611 g/mol.